The van der Waals surface area contributed by atoms with Crippen molar-refractivity contribution in [3.8, 4) is 5.75 Å². The first-order valence-electron chi connectivity index (χ1n) is 14.2. The van der Waals surface area contributed by atoms with Crippen molar-refractivity contribution in [2.45, 2.75) is 53.1 Å². The van der Waals surface area contributed by atoms with Crippen molar-refractivity contribution >= 4 is 22.4 Å². The van der Waals surface area contributed by atoms with Crippen LogP contribution in [0, 0.1) is 0 Å². The third-order valence-electron chi connectivity index (χ3n) is 7.63. The molecule has 1 saturated heterocycles. The maximum atomic E-state index is 13.1. The molecule has 5 rings (SSSR count). The monoisotopic (exact) mass is 538 g/mol. The number of hydrogen-bond donors (Lipinski definition) is 1. The number of aromatic nitrogens is 1. The van der Waals surface area contributed by atoms with Crippen LogP contribution in [-0.4, -0.2) is 46.5 Å². The predicted molar refractivity (Wildman–Crippen MR) is 166 cm³/mol. The topological polar surface area (TPSA) is 63.7 Å². The number of likely N-dealkylation sites (tertiary alicyclic amines) is 1. The van der Waals surface area contributed by atoms with Gasteiger partial charge in [-0.1, -0.05) is 50.8 Å². The molecule has 1 unspecified atom stereocenters. The van der Waals surface area contributed by atoms with E-state index in [-0.39, 0.29) is 11.9 Å². The van der Waals surface area contributed by atoms with Gasteiger partial charge in [0.15, 0.2) is 0 Å². The number of ether oxygens (including phenoxy) is 1. The van der Waals surface area contributed by atoms with Gasteiger partial charge >= 0.3 is 0 Å². The van der Waals surface area contributed by atoms with E-state index >= 15 is 0 Å². The fourth-order valence-electron chi connectivity index (χ4n) is 5.36. The maximum Gasteiger partial charge on any atom is 0.254 e. The van der Waals surface area contributed by atoms with Crippen molar-refractivity contribution in [2.24, 2.45) is 5.73 Å². The summed E-state index contributed by atoms with van der Waals surface area (Å²) in [6.07, 6.45) is 7.64. The second-order valence-corrected chi connectivity index (χ2v) is 10.2. The lowest BCUT2D eigenvalue weighted by Crippen LogP contribution is -2.46. The molecule has 0 saturated carbocycles. The second kappa shape index (κ2) is 12.9. The molecule has 2 aromatic carbocycles. The number of para-hydroxylation sites is 1. The number of carbonyl (C=O) groups is 1. The van der Waals surface area contributed by atoms with Crippen LogP contribution in [0.4, 0.5) is 0 Å². The molecular formula is C34H42N4O2. The summed E-state index contributed by atoms with van der Waals surface area (Å²) < 4.78 is 7.70. The van der Waals surface area contributed by atoms with Crippen LogP contribution in [0.2, 0.25) is 0 Å². The van der Waals surface area contributed by atoms with E-state index in [1.165, 1.54) is 16.5 Å². The first kappa shape index (κ1) is 29.0. The minimum atomic E-state index is 0.0233. The molecule has 6 nitrogen and oxygen atoms in total. The van der Waals surface area contributed by atoms with Crippen LogP contribution in [0.3, 0.4) is 0 Å². The number of nitrogens with two attached hydrogens (primary N) is 1. The summed E-state index contributed by atoms with van der Waals surface area (Å²) in [5.74, 6) is 0.873. The van der Waals surface area contributed by atoms with Gasteiger partial charge < -0.3 is 24.8 Å². The molecule has 0 bridgehead atoms. The first-order chi connectivity index (χ1) is 19.4. The molecule has 3 aromatic rings. The maximum absolute atomic E-state index is 13.1. The number of nitrogens with zero attached hydrogens (tertiary/aromatic N) is 3. The fraction of sp³-hybridized carbons (Fsp3) is 0.324. The van der Waals surface area contributed by atoms with Gasteiger partial charge in [-0.2, -0.15) is 0 Å². The lowest BCUT2D eigenvalue weighted by atomic mass is 10.0. The summed E-state index contributed by atoms with van der Waals surface area (Å²) >= 11 is 0. The molecule has 1 aromatic heterocycles. The van der Waals surface area contributed by atoms with Crippen molar-refractivity contribution in [1.29, 1.82) is 0 Å². The van der Waals surface area contributed by atoms with Crippen LogP contribution >= 0.6 is 0 Å². The van der Waals surface area contributed by atoms with E-state index in [1.807, 2.05) is 49.2 Å². The predicted octanol–water partition coefficient (Wildman–Crippen LogP) is 6.69. The quantitative estimate of drug-likeness (QED) is 0.380. The minimum absolute atomic E-state index is 0.0233. The Morgan fingerprint density at radius 3 is 2.50 bits per heavy atom. The van der Waals surface area contributed by atoms with E-state index in [4.69, 9.17) is 10.5 Å². The van der Waals surface area contributed by atoms with Crippen molar-refractivity contribution in [3.05, 3.63) is 108 Å². The van der Waals surface area contributed by atoms with E-state index < -0.39 is 0 Å². The molecule has 2 aliphatic heterocycles. The highest BCUT2D eigenvalue weighted by Gasteiger charge is 2.25. The number of allylic oxidation sites excluding steroid dienone is 3. The van der Waals surface area contributed by atoms with E-state index in [1.54, 1.807) is 7.11 Å². The van der Waals surface area contributed by atoms with Crippen LogP contribution in [0.15, 0.2) is 96.5 Å². The van der Waals surface area contributed by atoms with Gasteiger partial charge in [0, 0.05) is 65.4 Å². The highest BCUT2D eigenvalue weighted by molar-refractivity contribution is 5.97. The van der Waals surface area contributed by atoms with Gasteiger partial charge in [-0.25, -0.2) is 0 Å². The SMILES string of the molecule is C=C1C=C(C(=O)N2CCCC(N)C2)C=CN1/C(C)=C(\C)c1cc2ccccc2n1Cc1ccc(OC)cc1.CC. The average Bonchev–Trinajstić information content (AvgIpc) is 3.35. The molecule has 1 amide bonds. The van der Waals surface area contributed by atoms with Gasteiger partial charge in [0.05, 0.1) is 7.11 Å². The van der Waals surface area contributed by atoms with Crippen molar-refractivity contribution < 1.29 is 9.53 Å². The average molecular weight is 539 g/mol. The van der Waals surface area contributed by atoms with Gasteiger partial charge in [0.2, 0.25) is 0 Å². The van der Waals surface area contributed by atoms with Gasteiger partial charge in [-0.05, 0) is 74.2 Å². The standard InChI is InChI=1S/C32H36N4O2.C2H6/c1-22-18-27(32(37)34-16-7-9-28(33)21-34)15-17-35(22)24(3)23(2)31-19-26-8-5-6-10-30(26)36(31)20-25-11-13-29(38-4)14-12-25;1-2/h5-6,8,10-15,17-19,28H,1,7,9,16,20-21,33H2,2-4H3;1-2H3/b24-23+;. The molecule has 40 heavy (non-hydrogen) atoms. The zero-order valence-electron chi connectivity index (χ0n) is 24.5. The lowest BCUT2D eigenvalue weighted by molar-refractivity contribution is -0.127. The van der Waals surface area contributed by atoms with E-state index in [0.717, 1.165) is 54.3 Å². The summed E-state index contributed by atoms with van der Waals surface area (Å²) in [6, 6.07) is 19.0. The molecular weight excluding hydrogens is 496 g/mol. The van der Waals surface area contributed by atoms with Crippen molar-refractivity contribution in [3.63, 3.8) is 0 Å². The Kier molecular flexibility index (Phi) is 9.33. The minimum Gasteiger partial charge on any atom is -0.497 e. The summed E-state index contributed by atoms with van der Waals surface area (Å²) in [5.41, 5.74) is 13.3. The van der Waals surface area contributed by atoms with E-state index in [9.17, 15) is 4.79 Å². The van der Waals surface area contributed by atoms with Crippen molar-refractivity contribution in [1.82, 2.24) is 14.4 Å². The van der Waals surface area contributed by atoms with Crippen LogP contribution < -0.4 is 10.5 Å². The Labute approximate surface area is 238 Å². The highest BCUT2D eigenvalue weighted by atomic mass is 16.5. The molecule has 0 aliphatic carbocycles. The summed E-state index contributed by atoms with van der Waals surface area (Å²) in [6.45, 7) is 14.6. The molecule has 0 radical (unpaired) electrons. The number of carbonyl (C=O) groups excluding carboxylic acids is 1. The number of piperidine rings is 1. The summed E-state index contributed by atoms with van der Waals surface area (Å²) in [5, 5.41) is 1.20. The Hall–Kier alpha value is -4.03. The Morgan fingerprint density at radius 1 is 1.10 bits per heavy atom. The van der Waals surface area contributed by atoms with Gasteiger partial charge in [-0.15, -0.1) is 0 Å². The number of methoxy groups -OCH3 is 1. The number of amides is 1. The lowest BCUT2D eigenvalue weighted by Gasteiger charge is -2.32. The summed E-state index contributed by atoms with van der Waals surface area (Å²) in [4.78, 5) is 17.0. The molecule has 210 valence electrons. The molecule has 2 aliphatic rings. The number of benzene rings is 2. The third-order valence-corrected chi connectivity index (χ3v) is 7.63. The number of fused-ring (bicyclic) bond motifs is 1. The fourth-order valence-corrected chi connectivity index (χ4v) is 5.36. The number of rotatable bonds is 6. The molecule has 1 atom stereocenters. The Morgan fingerprint density at radius 2 is 1.82 bits per heavy atom. The molecule has 2 N–H and O–H groups in total. The Balaban J connectivity index is 0.00000181. The molecule has 1 fully saturated rings. The first-order valence-corrected chi connectivity index (χ1v) is 14.2. The smallest absolute Gasteiger partial charge is 0.254 e. The van der Waals surface area contributed by atoms with Crippen LogP contribution in [-0.2, 0) is 11.3 Å². The third kappa shape index (κ3) is 6.07. The molecule has 0 spiro atoms. The van der Waals surface area contributed by atoms with E-state index in [2.05, 4.69) is 72.4 Å². The molecule has 3 heterocycles. The highest BCUT2D eigenvalue weighted by Crippen LogP contribution is 2.32. The van der Waals surface area contributed by atoms with Gasteiger partial charge in [-0.3, -0.25) is 4.79 Å². The van der Waals surface area contributed by atoms with Crippen LogP contribution in [0.1, 0.15) is 51.8 Å². The molecule has 6 heteroatoms. The van der Waals surface area contributed by atoms with Crippen LogP contribution in [0.5, 0.6) is 5.75 Å². The zero-order valence-corrected chi connectivity index (χ0v) is 24.5. The second-order valence-electron chi connectivity index (χ2n) is 10.2. The van der Waals surface area contributed by atoms with Gasteiger partial charge in [0.1, 0.15) is 5.75 Å². The largest absolute Gasteiger partial charge is 0.497 e. The summed E-state index contributed by atoms with van der Waals surface area (Å²) in [7, 11) is 1.68. The van der Waals surface area contributed by atoms with Crippen molar-refractivity contribution in [2.75, 3.05) is 20.2 Å². The van der Waals surface area contributed by atoms with Crippen LogP contribution in [0.25, 0.3) is 16.5 Å². The normalized spacial score (nSPS) is 17.7. The Bertz CT molecular complexity index is 1460. The zero-order chi connectivity index (χ0) is 28.8. The van der Waals surface area contributed by atoms with Gasteiger partial charge in [0.25, 0.3) is 5.91 Å². The van der Waals surface area contributed by atoms with E-state index in [0.29, 0.717) is 12.1 Å². The number of hydrogen-bond acceptors (Lipinski definition) is 4.